The number of carbonyl (C=O) groups is 1. The average Bonchev–Trinajstić information content (AvgIpc) is 3.06. The molecule has 2 N–H and O–H groups in total. The van der Waals surface area contributed by atoms with Gasteiger partial charge in [0.1, 0.15) is 0 Å². The van der Waals surface area contributed by atoms with Crippen molar-refractivity contribution >= 4 is 23.5 Å². The van der Waals surface area contributed by atoms with Crippen molar-refractivity contribution in [3.63, 3.8) is 0 Å². The molecule has 1 aromatic heterocycles. The maximum Gasteiger partial charge on any atom is 0.240 e. The third kappa shape index (κ3) is 5.75. The fourth-order valence-electron chi connectivity index (χ4n) is 2.05. The normalized spacial score (nSPS) is 10.8. The minimum absolute atomic E-state index is 0.0689. The first kappa shape index (κ1) is 17.0. The SMILES string of the molecule is COc1cc(/C=N/NC(=O)CCCCc2cccs2)ccc1O. The monoisotopic (exact) mass is 332 g/mol. The Kier molecular flexibility index (Phi) is 6.62. The summed E-state index contributed by atoms with van der Waals surface area (Å²) in [6.45, 7) is 0. The lowest BCUT2D eigenvalue weighted by molar-refractivity contribution is -0.121. The number of hydrazone groups is 1. The van der Waals surface area contributed by atoms with Gasteiger partial charge in [0, 0.05) is 11.3 Å². The number of carbonyl (C=O) groups excluding carboxylic acids is 1. The van der Waals surface area contributed by atoms with E-state index in [0.29, 0.717) is 12.2 Å². The Morgan fingerprint density at radius 3 is 3.00 bits per heavy atom. The fraction of sp³-hybridized carbons (Fsp3) is 0.294. The van der Waals surface area contributed by atoms with E-state index in [1.807, 2.05) is 6.07 Å². The number of nitrogens with one attached hydrogen (secondary N) is 1. The van der Waals surface area contributed by atoms with E-state index >= 15 is 0 Å². The number of nitrogens with zero attached hydrogens (tertiary/aromatic N) is 1. The summed E-state index contributed by atoms with van der Waals surface area (Å²) in [5.41, 5.74) is 3.24. The summed E-state index contributed by atoms with van der Waals surface area (Å²) in [6, 6.07) is 9.01. The van der Waals surface area contributed by atoms with Gasteiger partial charge in [-0.25, -0.2) is 5.43 Å². The van der Waals surface area contributed by atoms with Crippen molar-refractivity contribution in [1.82, 2.24) is 5.43 Å². The molecule has 2 rings (SSSR count). The van der Waals surface area contributed by atoms with Gasteiger partial charge in [-0.2, -0.15) is 5.10 Å². The van der Waals surface area contributed by atoms with Crippen molar-refractivity contribution in [3.05, 3.63) is 46.2 Å². The number of aryl methyl sites for hydroxylation is 1. The van der Waals surface area contributed by atoms with E-state index in [9.17, 15) is 9.90 Å². The molecule has 0 saturated heterocycles. The van der Waals surface area contributed by atoms with Crippen molar-refractivity contribution in [2.75, 3.05) is 7.11 Å². The molecular formula is C17H20N2O3S. The first-order valence-corrected chi connectivity index (χ1v) is 8.28. The van der Waals surface area contributed by atoms with Crippen molar-refractivity contribution in [3.8, 4) is 11.5 Å². The first-order valence-electron chi connectivity index (χ1n) is 7.40. The summed E-state index contributed by atoms with van der Waals surface area (Å²) in [7, 11) is 1.48. The smallest absolute Gasteiger partial charge is 0.240 e. The number of rotatable bonds is 8. The van der Waals surface area contributed by atoms with Crippen LogP contribution in [0, 0.1) is 0 Å². The van der Waals surface area contributed by atoms with Crippen molar-refractivity contribution < 1.29 is 14.6 Å². The van der Waals surface area contributed by atoms with E-state index in [-0.39, 0.29) is 11.7 Å². The molecule has 0 bridgehead atoms. The standard InChI is InChI=1S/C17H20N2O3S/c1-22-16-11-13(8-9-15(16)20)12-18-19-17(21)7-3-2-5-14-6-4-10-23-14/h4,6,8-12,20H,2-3,5,7H2,1H3,(H,19,21)/b18-12+. The summed E-state index contributed by atoms with van der Waals surface area (Å²) >= 11 is 1.75. The van der Waals surface area contributed by atoms with Crippen LogP contribution >= 0.6 is 11.3 Å². The number of methoxy groups -OCH3 is 1. The number of amides is 1. The molecule has 0 unspecified atom stereocenters. The molecule has 0 spiro atoms. The highest BCUT2D eigenvalue weighted by Gasteiger charge is 2.02. The van der Waals surface area contributed by atoms with Crippen LogP contribution in [0.25, 0.3) is 0 Å². The number of unbranched alkanes of at least 4 members (excludes halogenated alkanes) is 1. The molecule has 0 atom stereocenters. The van der Waals surface area contributed by atoms with Gasteiger partial charge in [-0.05, 0) is 54.5 Å². The third-order valence-corrected chi connectivity index (χ3v) is 4.20. The molecule has 0 saturated carbocycles. The van der Waals surface area contributed by atoms with Gasteiger partial charge in [-0.3, -0.25) is 4.79 Å². The second-order valence-electron chi connectivity index (χ2n) is 5.01. The Labute approximate surface area is 139 Å². The molecule has 6 heteroatoms. The summed E-state index contributed by atoms with van der Waals surface area (Å²) < 4.78 is 5.01. The third-order valence-electron chi connectivity index (χ3n) is 3.26. The molecule has 0 aliphatic heterocycles. The Morgan fingerprint density at radius 2 is 2.26 bits per heavy atom. The summed E-state index contributed by atoms with van der Waals surface area (Å²) in [5.74, 6) is 0.339. The van der Waals surface area contributed by atoms with Crippen LogP contribution in [0.5, 0.6) is 11.5 Å². The van der Waals surface area contributed by atoms with Gasteiger partial charge >= 0.3 is 0 Å². The number of benzene rings is 1. The predicted octanol–water partition coefficient (Wildman–Crippen LogP) is 3.33. The molecule has 0 aliphatic carbocycles. The molecule has 5 nitrogen and oxygen atoms in total. The van der Waals surface area contributed by atoms with Crippen LogP contribution in [-0.2, 0) is 11.2 Å². The van der Waals surface area contributed by atoms with Gasteiger partial charge in [0.25, 0.3) is 0 Å². The Bertz CT molecular complexity index is 654. The average molecular weight is 332 g/mol. The summed E-state index contributed by atoms with van der Waals surface area (Å²) in [5, 5.41) is 15.5. The molecule has 23 heavy (non-hydrogen) atoms. The van der Waals surface area contributed by atoms with Crippen LogP contribution in [0.15, 0.2) is 40.8 Å². The van der Waals surface area contributed by atoms with Crippen LogP contribution < -0.4 is 10.2 Å². The zero-order valence-corrected chi connectivity index (χ0v) is 13.8. The largest absolute Gasteiger partial charge is 0.504 e. The number of phenols is 1. The van der Waals surface area contributed by atoms with E-state index in [2.05, 4.69) is 22.0 Å². The molecule has 0 aliphatic rings. The maximum atomic E-state index is 11.7. The van der Waals surface area contributed by atoms with E-state index < -0.39 is 0 Å². The molecule has 1 heterocycles. The quantitative estimate of drug-likeness (QED) is 0.442. The maximum absolute atomic E-state index is 11.7. The Morgan fingerprint density at radius 1 is 1.39 bits per heavy atom. The topological polar surface area (TPSA) is 70.9 Å². The number of hydrogen-bond donors (Lipinski definition) is 2. The lowest BCUT2D eigenvalue weighted by atomic mass is 10.2. The van der Waals surface area contributed by atoms with E-state index in [1.165, 1.54) is 24.3 Å². The zero-order chi connectivity index (χ0) is 16.5. The van der Waals surface area contributed by atoms with E-state index in [4.69, 9.17) is 4.74 Å². The van der Waals surface area contributed by atoms with E-state index in [0.717, 1.165) is 24.8 Å². The Balaban J connectivity index is 1.69. The highest BCUT2D eigenvalue weighted by atomic mass is 32.1. The second kappa shape index (κ2) is 8.95. The minimum atomic E-state index is -0.0989. The first-order chi connectivity index (χ1) is 11.2. The number of aromatic hydroxyl groups is 1. The van der Waals surface area contributed by atoms with Crippen LogP contribution in [-0.4, -0.2) is 24.3 Å². The fourth-order valence-corrected chi connectivity index (χ4v) is 2.80. The molecule has 2 aromatic rings. The van der Waals surface area contributed by atoms with Crippen molar-refractivity contribution in [1.29, 1.82) is 0 Å². The van der Waals surface area contributed by atoms with Crippen molar-refractivity contribution in [2.45, 2.75) is 25.7 Å². The zero-order valence-electron chi connectivity index (χ0n) is 13.0. The van der Waals surface area contributed by atoms with Crippen LogP contribution in [0.4, 0.5) is 0 Å². The highest BCUT2D eigenvalue weighted by molar-refractivity contribution is 7.09. The molecular weight excluding hydrogens is 312 g/mol. The van der Waals surface area contributed by atoms with Gasteiger partial charge < -0.3 is 9.84 Å². The molecule has 1 amide bonds. The number of ether oxygens (including phenoxy) is 1. The lowest BCUT2D eigenvalue weighted by Gasteiger charge is -2.03. The van der Waals surface area contributed by atoms with Gasteiger partial charge in [0.2, 0.25) is 5.91 Å². The van der Waals surface area contributed by atoms with Crippen LogP contribution in [0.3, 0.4) is 0 Å². The lowest BCUT2D eigenvalue weighted by Crippen LogP contribution is -2.16. The van der Waals surface area contributed by atoms with Crippen LogP contribution in [0.1, 0.15) is 29.7 Å². The number of phenolic OH excluding ortho intramolecular Hbond substituents is 1. The van der Waals surface area contributed by atoms with Crippen molar-refractivity contribution in [2.24, 2.45) is 5.10 Å². The van der Waals surface area contributed by atoms with Gasteiger partial charge in [-0.15, -0.1) is 11.3 Å². The molecule has 122 valence electrons. The molecule has 0 fully saturated rings. The summed E-state index contributed by atoms with van der Waals surface area (Å²) in [4.78, 5) is 13.0. The molecule has 0 radical (unpaired) electrons. The predicted molar refractivity (Wildman–Crippen MR) is 92.3 cm³/mol. The molecule has 1 aromatic carbocycles. The second-order valence-corrected chi connectivity index (χ2v) is 6.04. The number of thiophene rings is 1. The van der Waals surface area contributed by atoms with Crippen LogP contribution in [0.2, 0.25) is 0 Å². The minimum Gasteiger partial charge on any atom is -0.504 e. The van der Waals surface area contributed by atoms with Gasteiger partial charge in [0.15, 0.2) is 11.5 Å². The summed E-state index contributed by atoms with van der Waals surface area (Å²) in [6.07, 6.45) is 4.83. The number of hydrogen-bond acceptors (Lipinski definition) is 5. The highest BCUT2D eigenvalue weighted by Crippen LogP contribution is 2.25. The van der Waals surface area contributed by atoms with Gasteiger partial charge in [0.05, 0.1) is 13.3 Å². The van der Waals surface area contributed by atoms with Gasteiger partial charge in [-0.1, -0.05) is 6.07 Å². The Hall–Kier alpha value is -2.34. The van der Waals surface area contributed by atoms with E-state index in [1.54, 1.807) is 23.5 Å².